The second kappa shape index (κ2) is 12.6. The van der Waals surface area contributed by atoms with Gasteiger partial charge < -0.3 is 5.73 Å². The summed E-state index contributed by atoms with van der Waals surface area (Å²) in [5.74, 6) is -0.551. The number of halogens is 1. The monoisotopic (exact) mass is 542 g/mol. The molecule has 4 amide bonds. The lowest BCUT2D eigenvalue weighted by atomic mass is 9.80. The number of imide groups is 2. The van der Waals surface area contributed by atoms with Crippen LogP contribution < -0.4 is 5.73 Å². The van der Waals surface area contributed by atoms with Gasteiger partial charge in [0.05, 0.1) is 12.6 Å². The Kier molecular flexibility index (Phi) is 11.9. The number of hydrogen-bond donors (Lipinski definition) is 1. The summed E-state index contributed by atoms with van der Waals surface area (Å²) in [4.78, 5) is 64.8. The average molecular weight is 543 g/mol. The van der Waals surface area contributed by atoms with Crippen LogP contribution in [0.1, 0.15) is 94.9 Å². The van der Waals surface area contributed by atoms with E-state index in [1.54, 1.807) is 0 Å². The van der Waals surface area contributed by atoms with E-state index < -0.39 is 6.04 Å². The van der Waals surface area contributed by atoms with Crippen molar-refractivity contribution in [1.29, 1.82) is 0 Å². The molecule has 2 saturated heterocycles. The van der Waals surface area contributed by atoms with Gasteiger partial charge in [-0.3, -0.25) is 29.0 Å². The van der Waals surface area contributed by atoms with Gasteiger partial charge in [0.25, 0.3) is 0 Å². The van der Waals surface area contributed by atoms with Crippen molar-refractivity contribution in [3.63, 3.8) is 0 Å². The second-order valence-corrected chi connectivity index (χ2v) is 13.9. The van der Waals surface area contributed by atoms with Gasteiger partial charge in [-0.15, -0.1) is 12.4 Å². The Labute approximate surface area is 228 Å². The molecule has 37 heavy (non-hydrogen) atoms. The molecule has 2 unspecified atom stereocenters. The van der Waals surface area contributed by atoms with Crippen LogP contribution in [0.15, 0.2) is 4.99 Å². The molecule has 2 aliphatic rings. The lowest BCUT2D eigenvalue weighted by molar-refractivity contribution is -0.154. The molecule has 0 aromatic heterocycles. The van der Waals surface area contributed by atoms with Gasteiger partial charge in [-0.2, -0.15) is 0 Å². The summed E-state index contributed by atoms with van der Waals surface area (Å²) in [5.41, 5.74) is 5.13. The maximum atomic E-state index is 12.1. The highest BCUT2D eigenvalue weighted by atomic mass is 35.5. The van der Waals surface area contributed by atoms with Gasteiger partial charge in [0.1, 0.15) is 0 Å². The predicted octanol–water partition coefficient (Wildman–Crippen LogP) is 3.87. The van der Waals surface area contributed by atoms with Crippen molar-refractivity contribution in [1.82, 2.24) is 9.80 Å². The second-order valence-electron chi connectivity index (χ2n) is 13.9. The molecule has 0 radical (unpaired) electrons. The van der Waals surface area contributed by atoms with E-state index in [0.717, 1.165) is 0 Å². The number of isocyanates is 1. The minimum absolute atomic E-state index is 0. The van der Waals surface area contributed by atoms with Crippen molar-refractivity contribution < 1.29 is 24.0 Å². The highest BCUT2D eigenvalue weighted by Crippen LogP contribution is 2.33. The average Bonchev–Trinajstić information content (AvgIpc) is 2.63. The van der Waals surface area contributed by atoms with Gasteiger partial charge in [0, 0.05) is 38.3 Å². The maximum absolute atomic E-state index is 12.1. The van der Waals surface area contributed by atoms with Gasteiger partial charge in [-0.05, 0) is 21.7 Å². The molecule has 0 bridgehead atoms. The number of likely N-dealkylation sites (tertiary alicyclic amines) is 2. The van der Waals surface area contributed by atoms with Crippen molar-refractivity contribution in [3.8, 4) is 0 Å². The summed E-state index contributed by atoms with van der Waals surface area (Å²) >= 11 is 0. The Bertz CT molecular complexity index is 871. The lowest BCUT2D eigenvalue weighted by Gasteiger charge is -2.38. The summed E-state index contributed by atoms with van der Waals surface area (Å²) in [6.07, 6.45) is 3.08. The number of rotatable bonds is 5. The van der Waals surface area contributed by atoms with Gasteiger partial charge in [0.15, 0.2) is 0 Å². The minimum Gasteiger partial charge on any atom is -0.326 e. The standard InChI is InChI=1S/C14H22N2O3.C13H24N2O2.ClH/c1-13(2,3)10(15-9-17)8-16-11(18)6-14(4,5)7-12(16)19;1-12(2,3)9(14)8-15-10(16)6-13(4,5)7-11(15)17;/h10H,6-8H2,1-5H3;9H,6-8,14H2,1-5H3;1H. The molecule has 0 aromatic rings. The first-order chi connectivity index (χ1) is 16.1. The fourth-order valence-corrected chi connectivity index (χ4v) is 4.05. The smallest absolute Gasteiger partial charge is 0.235 e. The number of amides is 4. The minimum atomic E-state index is -0.417. The number of aliphatic imine (C=N–C) groups is 1. The highest BCUT2D eigenvalue weighted by molar-refractivity contribution is 5.99. The van der Waals surface area contributed by atoms with Gasteiger partial charge in [0.2, 0.25) is 29.7 Å². The quantitative estimate of drug-likeness (QED) is 0.319. The van der Waals surface area contributed by atoms with Crippen LogP contribution >= 0.6 is 12.4 Å². The van der Waals surface area contributed by atoms with Crippen LogP contribution in [0.25, 0.3) is 0 Å². The van der Waals surface area contributed by atoms with Crippen LogP contribution in [-0.4, -0.2) is 64.7 Å². The number of hydrogen-bond acceptors (Lipinski definition) is 7. The maximum Gasteiger partial charge on any atom is 0.235 e. The van der Waals surface area contributed by atoms with Crippen LogP contribution in [0, 0.1) is 21.7 Å². The Morgan fingerprint density at radius 2 is 1.08 bits per heavy atom. The number of nitrogens with zero attached hydrogens (tertiary/aromatic N) is 3. The van der Waals surface area contributed by atoms with E-state index in [1.165, 1.54) is 15.9 Å². The molecular formula is C27H47ClN4O5. The van der Waals surface area contributed by atoms with Gasteiger partial charge in [-0.25, -0.2) is 9.79 Å². The third kappa shape index (κ3) is 10.7. The van der Waals surface area contributed by atoms with E-state index in [-0.39, 0.29) is 70.3 Å². The molecule has 2 aliphatic heterocycles. The summed E-state index contributed by atoms with van der Waals surface area (Å²) in [5, 5.41) is 0. The van der Waals surface area contributed by atoms with Crippen LogP contribution in [-0.2, 0) is 24.0 Å². The first-order valence-electron chi connectivity index (χ1n) is 12.6. The zero-order chi connectivity index (χ0) is 28.3. The lowest BCUT2D eigenvalue weighted by Crippen LogP contribution is -2.53. The largest absolute Gasteiger partial charge is 0.326 e. The third-order valence-corrected chi connectivity index (χ3v) is 6.78. The zero-order valence-electron chi connectivity index (χ0n) is 24.3. The predicted molar refractivity (Wildman–Crippen MR) is 146 cm³/mol. The first kappa shape index (κ1) is 34.9. The van der Waals surface area contributed by atoms with Gasteiger partial charge >= 0.3 is 0 Å². The number of carbonyl (C=O) groups is 4. The summed E-state index contributed by atoms with van der Waals surface area (Å²) in [6.45, 7) is 20.0. The van der Waals surface area contributed by atoms with E-state index in [9.17, 15) is 24.0 Å². The van der Waals surface area contributed by atoms with Crippen molar-refractivity contribution in [2.24, 2.45) is 32.4 Å². The topological polar surface area (TPSA) is 130 Å². The fraction of sp³-hybridized carbons (Fsp3) is 0.815. The molecule has 2 rings (SSSR count). The molecule has 2 N–H and O–H groups in total. The molecule has 10 heteroatoms. The molecular weight excluding hydrogens is 496 g/mol. The summed E-state index contributed by atoms with van der Waals surface area (Å²) in [7, 11) is 0. The summed E-state index contributed by atoms with van der Waals surface area (Å²) in [6, 6.07) is -0.601. The van der Waals surface area contributed by atoms with Crippen LogP contribution in [0.3, 0.4) is 0 Å². The van der Waals surface area contributed by atoms with Crippen molar-refractivity contribution >= 4 is 42.1 Å². The molecule has 2 atom stereocenters. The van der Waals surface area contributed by atoms with Gasteiger partial charge in [-0.1, -0.05) is 69.2 Å². The molecule has 0 aromatic carbocycles. The van der Waals surface area contributed by atoms with Crippen LogP contribution in [0.2, 0.25) is 0 Å². The zero-order valence-corrected chi connectivity index (χ0v) is 25.1. The Morgan fingerprint density at radius 3 is 1.35 bits per heavy atom. The van der Waals surface area contributed by atoms with E-state index in [4.69, 9.17) is 5.73 Å². The molecule has 0 aliphatic carbocycles. The molecule has 2 heterocycles. The molecule has 2 fully saturated rings. The van der Waals surface area contributed by atoms with E-state index in [1.807, 2.05) is 69.2 Å². The van der Waals surface area contributed by atoms with Crippen molar-refractivity contribution in [3.05, 3.63) is 0 Å². The molecule has 9 nitrogen and oxygen atoms in total. The highest BCUT2D eigenvalue weighted by Gasteiger charge is 2.40. The van der Waals surface area contributed by atoms with Crippen LogP contribution in [0.4, 0.5) is 0 Å². The summed E-state index contributed by atoms with van der Waals surface area (Å²) < 4.78 is 0. The van der Waals surface area contributed by atoms with E-state index in [0.29, 0.717) is 32.2 Å². The Hall–Kier alpha value is -2.09. The first-order valence-corrected chi connectivity index (χ1v) is 12.6. The van der Waals surface area contributed by atoms with E-state index >= 15 is 0 Å². The number of piperidine rings is 2. The molecule has 212 valence electrons. The molecule has 0 saturated carbocycles. The van der Waals surface area contributed by atoms with E-state index in [2.05, 4.69) is 4.99 Å². The molecule has 0 spiro atoms. The number of nitrogens with two attached hydrogens (primary N) is 1. The van der Waals surface area contributed by atoms with Crippen molar-refractivity contribution in [2.75, 3.05) is 13.1 Å². The number of carbonyl (C=O) groups excluding carboxylic acids is 5. The third-order valence-electron chi connectivity index (χ3n) is 6.78. The Balaban J connectivity index is 0.000000686. The normalized spacial score (nSPS) is 21.3. The fourth-order valence-electron chi connectivity index (χ4n) is 4.05. The van der Waals surface area contributed by atoms with Crippen molar-refractivity contribution in [2.45, 2.75) is 107 Å². The van der Waals surface area contributed by atoms with Crippen LogP contribution in [0.5, 0.6) is 0 Å². The SMILES string of the molecule is CC1(C)CC(=O)N(CC(N)C(C)(C)C)C(=O)C1.CC1(C)CC(=O)N(CC(N=C=O)C(C)(C)C)C(=O)C1.Cl. The Morgan fingerprint density at radius 1 is 0.757 bits per heavy atom.